The second-order valence-corrected chi connectivity index (χ2v) is 5.58. The van der Waals surface area contributed by atoms with Crippen molar-refractivity contribution in [3.8, 4) is 0 Å². The monoisotopic (exact) mass is 342 g/mol. The molecule has 0 spiro atoms. The van der Waals surface area contributed by atoms with Gasteiger partial charge in [0.15, 0.2) is 0 Å². The van der Waals surface area contributed by atoms with E-state index in [9.17, 15) is 14.0 Å². The smallest absolute Gasteiger partial charge is 0.254 e. The fourth-order valence-electron chi connectivity index (χ4n) is 2.19. The highest BCUT2D eigenvalue weighted by molar-refractivity contribution is 9.10. The van der Waals surface area contributed by atoms with Gasteiger partial charge < -0.3 is 10.2 Å². The van der Waals surface area contributed by atoms with Crippen molar-refractivity contribution in [3.63, 3.8) is 0 Å². The van der Waals surface area contributed by atoms with E-state index in [0.717, 1.165) is 32.4 Å². The van der Waals surface area contributed by atoms with Crippen molar-refractivity contribution in [2.24, 2.45) is 0 Å². The Morgan fingerprint density at radius 1 is 1.25 bits per heavy atom. The predicted octanol–water partition coefficient (Wildman–Crippen LogP) is 2.33. The Kier molecular flexibility index (Phi) is 5.11. The molecule has 6 heteroatoms. The normalized spacial score (nSPS) is 15.0. The molecule has 2 rings (SSSR count). The summed E-state index contributed by atoms with van der Waals surface area (Å²) in [6, 6.07) is 4.49. The van der Waals surface area contributed by atoms with Crippen molar-refractivity contribution < 1.29 is 14.0 Å². The lowest BCUT2D eigenvalue weighted by molar-refractivity contribution is -0.130. The molecule has 1 fully saturated rings. The maximum atomic E-state index is 13.7. The number of nitrogens with one attached hydrogen (secondary N) is 1. The molecule has 1 N–H and O–H groups in total. The molecule has 1 aromatic carbocycles. The number of rotatable bonds is 3. The lowest BCUT2D eigenvalue weighted by Crippen LogP contribution is -2.42. The van der Waals surface area contributed by atoms with Crippen LogP contribution in [0.3, 0.4) is 0 Å². The van der Waals surface area contributed by atoms with Crippen molar-refractivity contribution >= 4 is 27.7 Å². The lowest BCUT2D eigenvalue weighted by Gasteiger charge is -2.26. The minimum Gasteiger partial charge on any atom is -0.343 e. The molecule has 20 heavy (non-hydrogen) atoms. The first-order chi connectivity index (χ1) is 9.59. The van der Waals surface area contributed by atoms with E-state index in [0.29, 0.717) is 0 Å². The van der Waals surface area contributed by atoms with Crippen LogP contribution in [-0.4, -0.2) is 36.3 Å². The average molecular weight is 343 g/mol. The molecule has 1 aromatic rings. The SMILES string of the molecule is O=C(NCC(=O)N1CCCCC1)c1cccc(Br)c1F. The first-order valence-corrected chi connectivity index (χ1v) is 7.39. The zero-order valence-electron chi connectivity index (χ0n) is 11.0. The summed E-state index contributed by atoms with van der Waals surface area (Å²) in [5.74, 6) is -1.31. The Hall–Kier alpha value is -1.43. The van der Waals surface area contributed by atoms with Crippen LogP contribution in [0, 0.1) is 5.82 Å². The van der Waals surface area contributed by atoms with Gasteiger partial charge in [0, 0.05) is 13.1 Å². The predicted molar refractivity (Wildman–Crippen MR) is 76.9 cm³/mol. The van der Waals surface area contributed by atoms with Gasteiger partial charge in [0.1, 0.15) is 5.82 Å². The van der Waals surface area contributed by atoms with Crippen molar-refractivity contribution in [2.45, 2.75) is 19.3 Å². The number of hydrogen-bond acceptors (Lipinski definition) is 2. The van der Waals surface area contributed by atoms with Crippen LogP contribution in [0.2, 0.25) is 0 Å². The number of carbonyl (C=O) groups is 2. The standard InChI is InChI=1S/C14H16BrFN2O2/c15-11-6-4-5-10(13(11)16)14(20)17-9-12(19)18-7-2-1-3-8-18/h4-6H,1-3,7-9H2,(H,17,20). The molecule has 0 unspecified atom stereocenters. The molecule has 1 saturated heterocycles. The molecule has 1 aliphatic rings. The van der Waals surface area contributed by atoms with Gasteiger partial charge in [0.2, 0.25) is 5.91 Å². The number of hydrogen-bond donors (Lipinski definition) is 1. The van der Waals surface area contributed by atoms with Crippen LogP contribution in [0.25, 0.3) is 0 Å². The summed E-state index contributed by atoms with van der Waals surface area (Å²) in [5, 5.41) is 2.47. The molecule has 1 aliphatic heterocycles. The largest absolute Gasteiger partial charge is 0.343 e. The number of benzene rings is 1. The maximum absolute atomic E-state index is 13.7. The second kappa shape index (κ2) is 6.83. The zero-order chi connectivity index (χ0) is 14.5. The minimum absolute atomic E-state index is 0.0641. The molecule has 0 aliphatic carbocycles. The minimum atomic E-state index is -0.615. The fraction of sp³-hybridized carbons (Fsp3) is 0.429. The van der Waals surface area contributed by atoms with Gasteiger partial charge in [0.25, 0.3) is 5.91 Å². The Morgan fingerprint density at radius 2 is 1.95 bits per heavy atom. The van der Waals surface area contributed by atoms with Crippen LogP contribution in [0.1, 0.15) is 29.6 Å². The van der Waals surface area contributed by atoms with Gasteiger partial charge in [-0.1, -0.05) is 6.07 Å². The van der Waals surface area contributed by atoms with Crippen LogP contribution in [0.15, 0.2) is 22.7 Å². The van der Waals surface area contributed by atoms with Crippen LogP contribution in [0.5, 0.6) is 0 Å². The second-order valence-electron chi connectivity index (χ2n) is 4.73. The highest BCUT2D eigenvalue weighted by Crippen LogP contribution is 2.18. The molecule has 2 amide bonds. The summed E-state index contributed by atoms with van der Waals surface area (Å²) in [7, 11) is 0. The zero-order valence-corrected chi connectivity index (χ0v) is 12.6. The number of halogens is 2. The Labute approximate surface area is 125 Å². The quantitative estimate of drug-likeness (QED) is 0.916. The Morgan fingerprint density at radius 3 is 2.65 bits per heavy atom. The van der Waals surface area contributed by atoms with E-state index in [1.807, 2.05) is 0 Å². The molecule has 0 saturated carbocycles. The van der Waals surface area contributed by atoms with E-state index >= 15 is 0 Å². The average Bonchev–Trinajstić information content (AvgIpc) is 2.48. The summed E-state index contributed by atoms with van der Waals surface area (Å²) in [4.78, 5) is 25.5. The van der Waals surface area contributed by atoms with Gasteiger partial charge in [-0.05, 0) is 47.3 Å². The summed E-state index contributed by atoms with van der Waals surface area (Å²) in [6.07, 6.45) is 3.14. The number of nitrogens with zero attached hydrogens (tertiary/aromatic N) is 1. The molecule has 0 aromatic heterocycles. The number of carbonyl (C=O) groups excluding carboxylic acids is 2. The first kappa shape index (κ1) is 15.0. The highest BCUT2D eigenvalue weighted by Gasteiger charge is 2.18. The van der Waals surface area contributed by atoms with E-state index in [1.54, 1.807) is 11.0 Å². The van der Waals surface area contributed by atoms with Crippen molar-refractivity contribution in [1.82, 2.24) is 10.2 Å². The molecule has 108 valence electrons. The van der Waals surface area contributed by atoms with Gasteiger partial charge in [-0.2, -0.15) is 0 Å². The van der Waals surface area contributed by atoms with Crippen LogP contribution in [-0.2, 0) is 4.79 Å². The lowest BCUT2D eigenvalue weighted by atomic mass is 10.1. The molecule has 0 radical (unpaired) electrons. The van der Waals surface area contributed by atoms with Crippen molar-refractivity contribution in [2.75, 3.05) is 19.6 Å². The third-order valence-electron chi connectivity index (χ3n) is 3.31. The summed E-state index contributed by atoms with van der Waals surface area (Å²) in [5.41, 5.74) is -0.0641. The fourth-order valence-corrected chi connectivity index (χ4v) is 2.55. The molecule has 0 atom stereocenters. The van der Waals surface area contributed by atoms with Crippen molar-refractivity contribution in [3.05, 3.63) is 34.1 Å². The van der Waals surface area contributed by atoms with Crippen LogP contribution < -0.4 is 5.32 Å². The summed E-state index contributed by atoms with van der Waals surface area (Å²) >= 11 is 3.03. The van der Waals surface area contributed by atoms with E-state index < -0.39 is 11.7 Å². The van der Waals surface area contributed by atoms with Gasteiger partial charge in [-0.3, -0.25) is 9.59 Å². The maximum Gasteiger partial charge on any atom is 0.254 e. The summed E-state index contributed by atoms with van der Waals surface area (Å²) < 4.78 is 14.0. The van der Waals surface area contributed by atoms with E-state index in [1.165, 1.54) is 12.1 Å². The number of amides is 2. The third-order valence-corrected chi connectivity index (χ3v) is 3.92. The van der Waals surface area contributed by atoms with Gasteiger partial charge >= 0.3 is 0 Å². The van der Waals surface area contributed by atoms with Gasteiger partial charge in [0.05, 0.1) is 16.6 Å². The number of piperidine rings is 1. The summed E-state index contributed by atoms with van der Waals surface area (Å²) in [6.45, 7) is 1.38. The van der Waals surface area contributed by atoms with E-state index in [4.69, 9.17) is 0 Å². The first-order valence-electron chi connectivity index (χ1n) is 6.59. The molecule has 4 nitrogen and oxygen atoms in total. The molecule has 0 bridgehead atoms. The highest BCUT2D eigenvalue weighted by atomic mass is 79.9. The topological polar surface area (TPSA) is 49.4 Å². The third kappa shape index (κ3) is 3.56. The van der Waals surface area contributed by atoms with Gasteiger partial charge in [-0.25, -0.2) is 4.39 Å². The molecular formula is C14H16BrFN2O2. The van der Waals surface area contributed by atoms with E-state index in [2.05, 4.69) is 21.2 Å². The van der Waals surface area contributed by atoms with Crippen LogP contribution >= 0.6 is 15.9 Å². The molecule has 1 heterocycles. The van der Waals surface area contributed by atoms with Crippen molar-refractivity contribution in [1.29, 1.82) is 0 Å². The van der Waals surface area contributed by atoms with E-state index in [-0.39, 0.29) is 22.5 Å². The molecular weight excluding hydrogens is 327 g/mol. The van der Waals surface area contributed by atoms with Crippen LogP contribution in [0.4, 0.5) is 4.39 Å². The Bertz CT molecular complexity index is 516. The number of likely N-dealkylation sites (tertiary alicyclic amines) is 1. The van der Waals surface area contributed by atoms with Gasteiger partial charge in [-0.15, -0.1) is 0 Å². The Balaban J connectivity index is 1.91.